The van der Waals surface area contributed by atoms with E-state index in [0.717, 1.165) is 100 Å². The van der Waals surface area contributed by atoms with E-state index in [4.69, 9.17) is 0 Å². The molecule has 0 nitrogen and oxygen atoms in total. The molecule has 103 heavy (non-hydrogen) atoms. The summed E-state index contributed by atoms with van der Waals surface area (Å²) in [5.41, 5.74) is 19.3. The number of benzene rings is 14. The number of halogens is 8. The lowest BCUT2D eigenvalue weighted by Gasteiger charge is -2.31. The highest BCUT2D eigenvalue weighted by molar-refractivity contribution is 6.78. The standard InChI is InChI=1S/C94H72F8Si/c1-103(2,3)94(78-24-20-68(21-25-78)88(60-4-12-64(13-5-60)90(70-28-44-80(95)45-29-70)71-30-46-81(96)47-31-71)61-6-14-65(15-7-61)91(72-32-48-82(97)49-33-72)73-34-50-83(98)51-35-73)79-26-22-69(23-27-79)89(62-8-16-66(17-9-62)92(74-36-52-84(99)53-37-74)75-38-54-85(100)55-39-75)63-10-18-67(19-11-63)93(76-40-56-86(101)57-41-76)77-42-58-87(102)59-43-77/h4-59,88-94H,1-3H3. The van der Waals surface area contributed by atoms with Crippen LogP contribution in [0.3, 0.4) is 0 Å². The summed E-state index contributed by atoms with van der Waals surface area (Å²) in [4.78, 5) is 0. The minimum atomic E-state index is -2.10. The van der Waals surface area contributed by atoms with Crippen LogP contribution < -0.4 is 0 Å². The summed E-state index contributed by atoms with van der Waals surface area (Å²) in [6, 6.07) is 103. The monoisotopic (exact) mass is 1380 g/mol. The van der Waals surface area contributed by atoms with Crippen LogP contribution in [0.4, 0.5) is 35.1 Å². The maximum Gasteiger partial charge on any atom is 0.123 e. The van der Waals surface area contributed by atoms with Crippen molar-refractivity contribution in [2.45, 2.75) is 60.7 Å². The van der Waals surface area contributed by atoms with E-state index >= 15 is 0 Å². The molecular weight excluding hydrogens is 1310 g/mol. The molecule has 0 bridgehead atoms. The molecule has 9 heteroatoms. The van der Waals surface area contributed by atoms with Crippen LogP contribution in [0.15, 0.2) is 340 Å². The zero-order chi connectivity index (χ0) is 71.3. The fourth-order valence-electron chi connectivity index (χ4n) is 15.2. The highest BCUT2D eigenvalue weighted by Gasteiger charge is 2.32. The lowest BCUT2D eigenvalue weighted by atomic mass is 9.80. The van der Waals surface area contributed by atoms with E-state index in [0.29, 0.717) is 0 Å². The van der Waals surface area contributed by atoms with Gasteiger partial charge in [-0.2, -0.15) is 0 Å². The average molecular weight is 1380 g/mol. The van der Waals surface area contributed by atoms with E-state index in [9.17, 15) is 35.1 Å². The van der Waals surface area contributed by atoms with Gasteiger partial charge in [-0.25, -0.2) is 35.1 Å². The molecule has 508 valence electrons. The molecule has 0 saturated carbocycles. The fraction of sp³-hybridized carbons (Fsp3) is 0.106. The lowest BCUT2D eigenvalue weighted by molar-refractivity contribution is 0.625. The molecular formula is C94H72F8Si. The van der Waals surface area contributed by atoms with Crippen LogP contribution in [0.25, 0.3) is 0 Å². The van der Waals surface area contributed by atoms with Crippen molar-refractivity contribution >= 4 is 8.07 Å². The van der Waals surface area contributed by atoms with Crippen LogP contribution in [-0.4, -0.2) is 8.07 Å². The smallest absolute Gasteiger partial charge is 0.123 e. The fourth-order valence-corrected chi connectivity index (χ4v) is 17.6. The molecule has 0 aliphatic heterocycles. The number of hydrogen-bond acceptors (Lipinski definition) is 0. The van der Waals surface area contributed by atoms with Crippen molar-refractivity contribution in [3.63, 3.8) is 0 Å². The van der Waals surface area contributed by atoms with Crippen LogP contribution >= 0.6 is 0 Å². The quantitative estimate of drug-likeness (QED) is 0.0382. The van der Waals surface area contributed by atoms with Crippen molar-refractivity contribution in [2.24, 2.45) is 0 Å². The van der Waals surface area contributed by atoms with Crippen molar-refractivity contribution in [3.05, 3.63) is 498 Å². The van der Waals surface area contributed by atoms with Gasteiger partial charge < -0.3 is 0 Å². The minimum absolute atomic E-state index is 0.0686. The molecule has 14 rings (SSSR count). The molecule has 0 aliphatic carbocycles. The summed E-state index contributed by atoms with van der Waals surface area (Å²) in [5, 5.41) is 0. The van der Waals surface area contributed by atoms with Gasteiger partial charge in [0.25, 0.3) is 0 Å². The highest BCUT2D eigenvalue weighted by Crippen LogP contribution is 2.44. The van der Waals surface area contributed by atoms with E-state index in [-0.39, 0.29) is 87.6 Å². The highest BCUT2D eigenvalue weighted by atomic mass is 28.3. The molecule has 0 fully saturated rings. The van der Waals surface area contributed by atoms with Crippen LogP contribution in [0.2, 0.25) is 19.6 Å². The maximum absolute atomic E-state index is 14.4. The largest absolute Gasteiger partial charge is 0.207 e. The first-order valence-electron chi connectivity index (χ1n) is 34.6. The predicted molar refractivity (Wildman–Crippen MR) is 401 cm³/mol. The van der Waals surface area contributed by atoms with E-state index in [2.05, 4.69) is 165 Å². The van der Waals surface area contributed by atoms with Gasteiger partial charge in [-0.1, -0.05) is 262 Å². The summed E-state index contributed by atoms with van der Waals surface area (Å²) in [5.74, 6) is -4.58. The molecule has 0 radical (unpaired) electrons. The molecule has 14 aromatic rings. The summed E-state index contributed by atoms with van der Waals surface area (Å²) in [7, 11) is -2.10. The SMILES string of the molecule is C[Si](C)(C)C(c1ccc(C(c2ccc(C(c3ccc(F)cc3)c3ccc(F)cc3)cc2)c2ccc(C(c3ccc(F)cc3)c3ccc(F)cc3)cc2)cc1)c1ccc(C(c2ccc(C(c3ccc(F)cc3)c3ccc(F)cc3)cc2)c2ccc(C(c3ccc(F)cc3)c3ccc(F)cc3)cc2)cc1. The van der Waals surface area contributed by atoms with Crippen LogP contribution in [0.1, 0.15) is 152 Å². The van der Waals surface area contributed by atoms with E-state index in [1.165, 1.54) is 108 Å². The summed E-state index contributed by atoms with van der Waals surface area (Å²) in [6.07, 6.45) is 0. The topological polar surface area (TPSA) is 0 Å². The Kier molecular flexibility index (Phi) is 20.1. The second-order valence-corrected chi connectivity index (χ2v) is 33.1. The minimum Gasteiger partial charge on any atom is -0.207 e. The summed E-state index contributed by atoms with van der Waals surface area (Å²) < 4.78 is 115. The first-order chi connectivity index (χ1) is 49.9. The van der Waals surface area contributed by atoms with E-state index < -0.39 is 8.07 Å². The Morgan fingerprint density at radius 2 is 0.214 bits per heavy atom. The lowest BCUT2D eigenvalue weighted by Crippen LogP contribution is -2.32. The normalized spacial score (nSPS) is 11.9. The second-order valence-electron chi connectivity index (χ2n) is 27.8. The first-order valence-corrected chi connectivity index (χ1v) is 38.2. The first kappa shape index (κ1) is 68.9. The van der Waals surface area contributed by atoms with Gasteiger partial charge in [0.1, 0.15) is 46.5 Å². The molecule has 0 N–H and O–H groups in total. The Balaban J connectivity index is 0.831. The third-order valence-electron chi connectivity index (χ3n) is 20.1. The van der Waals surface area contributed by atoms with E-state index in [1.807, 2.05) is 0 Å². The summed E-state index contributed by atoms with van der Waals surface area (Å²) in [6.45, 7) is 7.18. The Bertz CT molecular complexity index is 4340. The van der Waals surface area contributed by atoms with E-state index in [1.54, 1.807) is 97.1 Å². The Morgan fingerprint density at radius 3 is 0.301 bits per heavy atom. The van der Waals surface area contributed by atoms with Crippen LogP contribution in [0.5, 0.6) is 0 Å². The third kappa shape index (κ3) is 15.5. The zero-order valence-electron chi connectivity index (χ0n) is 56.9. The van der Waals surface area contributed by atoms with Crippen molar-refractivity contribution in [1.82, 2.24) is 0 Å². The van der Waals surface area contributed by atoms with Gasteiger partial charge in [0, 0.05) is 41.0 Å². The van der Waals surface area contributed by atoms with Crippen LogP contribution in [0, 0.1) is 46.5 Å². The van der Waals surface area contributed by atoms with Gasteiger partial charge in [0.15, 0.2) is 0 Å². The molecule has 0 aliphatic rings. The Hall–Kier alpha value is -11.3. The summed E-state index contributed by atoms with van der Waals surface area (Å²) >= 11 is 0. The molecule has 0 spiro atoms. The second kappa shape index (κ2) is 30.1. The third-order valence-corrected chi connectivity index (χ3v) is 22.5. The van der Waals surface area contributed by atoms with Crippen LogP contribution in [-0.2, 0) is 0 Å². The number of hydrogen-bond donors (Lipinski definition) is 0. The molecule has 0 unspecified atom stereocenters. The van der Waals surface area contributed by atoms with Gasteiger partial charge in [0.2, 0.25) is 0 Å². The average Bonchev–Trinajstić information content (AvgIpc) is 0.782. The predicted octanol–water partition coefficient (Wildman–Crippen LogP) is 24.9. The molecule has 14 aromatic carbocycles. The molecule has 0 saturated heterocycles. The Morgan fingerprint density at radius 1 is 0.136 bits per heavy atom. The Labute approximate surface area is 598 Å². The van der Waals surface area contributed by atoms with Gasteiger partial charge in [-0.05, 0) is 208 Å². The molecule has 0 atom stereocenters. The molecule has 0 aromatic heterocycles. The van der Waals surface area contributed by atoms with Crippen molar-refractivity contribution < 1.29 is 35.1 Å². The van der Waals surface area contributed by atoms with Gasteiger partial charge in [-0.3, -0.25) is 0 Å². The van der Waals surface area contributed by atoms with Gasteiger partial charge >= 0.3 is 0 Å². The number of rotatable bonds is 21. The molecule has 0 amide bonds. The van der Waals surface area contributed by atoms with Crippen molar-refractivity contribution in [3.8, 4) is 0 Å². The van der Waals surface area contributed by atoms with Gasteiger partial charge in [0.05, 0.1) is 8.07 Å². The van der Waals surface area contributed by atoms with Gasteiger partial charge in [-0.15, -0.1) is 0 Å². The molecule has 0 heterocycles. The van der Waals surface area contributed by atoms with Crippen molar-refractivity contribution in [1.29, 1.82) is 0 Å². The van der Waals surface area contributed by atoms with Crippen molar-refractivity contribution in [2.75, 3.05) is 0 Å². The zero-order valence-corrected chi connectivity index (χ0v) is 57.9. The maximum atomic E-state index is 14.4.